The molecule has 0 saturated carbocycles. The number of nitrogens with one attached hydrogen (secondary N) is 2. The molecule has 0 radical (unpaired) electrons. The van der Waals surface area contributed by atoms with Crippen LogP contribution in [0.3, 0.4) is 0 Å². The molecule has 150 valence electrons. The molecule has 0 spiro atoms. The van der Waals surface area contributed by atoms with Crippen LogP contribution in [0.25, 0.3) is 22.4 Å². The highest BCUT2D eigenvalue weighted by Crippen LogP contribution is 2.36. The van der Waals surface area contributed by atoms with Crippen molar-refractivity contribution in [3.05, 3.63) is 54.0 Å². The fourth-order valence-corrected chi connectivity index (χ4v) is 2.60. The number of alkyl halides is 4. The van der Waals surface area contributed by atoms with Gasteiger partial charge in [-0.2, -0.15) is 18.2 Å². The minimum absolute atomic E-state index is 0.0711. The van der Waals surface area contributed by atoms with Crippen LogP contribution in [0.5, 0.6) is 0 Å². The first-order valence-electron chi connectivity index (χ1n) is 8.25. The summed E-state index contributed by atoms with van der Waals surface area (Å²) in [6.45, 7) is 1.72. The van der Waals surface area contributed by atoms with Gasteiger partial charge in [0, 0.05) is 11.8 Å². The minimum Gasteiger partial charge on any atom is -0.306 e. The van der Waals surface area contributed by atoms with Crippen LogP contribution < -0.4 is 5.32 Å². The largest absolute Gasteiger partial charge is 0.417 e. The highest BCUT2D eigenvalue weighted by Gasteiger charge is 2.34. The Kier molecular flexibility index (Phi) is 6.25. The van der Waals surface area contributed by atoms with E-state index >= 15 is 0 Å². The van der Waals surface area contributed by atoms with Gasteiger partial charge in [0.1, 0.15) is 11.3 Å². The van der Waals surface area contributed by atoms with E-state index in [1.807, 2.05) is 4.93 Å². The van der Waals surface area contributed by atoms with Gasteiger partial charge >= 0.3 is 6.18 Å². The quantitative estimate of drug-likeness (QED) is 0.298. The van der Waals surface area contributed by atoms with Crippen molar-refractivity contribution >= 4 is 45.4 Å². The van der Waals surface area contributed by atoms with Crippen LogP contribution in [0.1, 0.15) is 11.4 Å². The minimum atomic E-state index is -4.53. The van der Waals surface area contributed by atoms with Gasteiger partial charge in [-0.3, -0.25) is 10.1 Å². The maximum Gasteiger partial charge on any atom is 0.417 e. The van der Waals surface area contributed by atoms with E-state index in [4.69, 9.17) is 0 Å². The van der Waals surface area contributed by atoms with Crippen molar-refractivity contribution in [3.8, 4) is 11.4 Å². The number of anilines is 2. The Hall–Kier alpha value is -2.83. The SMILES string of the molecule is CI.Cc1nc(Nc2nc(-c3ccccc3C(F)(F)F)nc3cccnc23)n[nH]1. The zero-order valence-corrected chi connectivity index (χ0v) is 17.4. The summed E-state index contributed by atoms with van der Waals surface area (Å²) >= 11 is 2.15. The Morgan fingerprint density at radius 1 is 1.00 bits per heavy atom. The van der Waals surface area contributed by atoms with Gasteiger partial charge in [-0.05, 0) is 30.1 Å². The first-order valence-corrected chi connectivity index (χ1v) is 10.4. The number of hydrogen-bond acceptors (Lipinski definition) is 6. The third kappa shape index (κ3) is 4.60. The van der Waals surface area contributed by atoms with E-state index in [0.29, 0.717) is 16.9 Å². The molecule has 2 N–H and O–H groups in total. The van der Waals surface area contributed by atoms with Crippen LogP contribution in [0.15, 0.2) is 42.6 Å². The monoisotopic (exact) mass is 513 g/mol. The molecule has 11 heteroatoms. The van der Waals surface area contributed by atoms with Gasteiger partial charge < -0.3 is 5.32 Å². The zero-order valence-electron chi connectivity index (χ0n) is 15.3. The third-order valence-electron chi connectivity index (χ3n) is 3.76. The van der Waals surface area contributed by atoms with Crippen molar-refractivity contribution in [1.29, 1.82) is 0 Å². The number of halogens is 4. The summed E-state index contributed by atoms with van der Waals surface area (Å²) in [6, 6.07) is 8.46. The predicted molar refractivity (Wildman–Crippen MR) is 112 cm³/mol. The van der Waals surface area contributed by atoms with E-state index in [-0.39, 0.29) is 23.2 Å². The number of aromatic amines is 1. The molecule has 0 aliphatic heterocycles. The van der Waals surface area contributed by atoms with Gasteiger partial charge in [0.2, 0.25) is 5.95 Å². The summed E-state index contributed by atoms with van der Waals surface area (Å²) in [5.41, 5.74) is -0.139. The van der Waals surface area contributed by atoms with Crippen molar-refractivity contribution in [2.75, 3.05) is 10.2 Å². The molecule has 29 heavy (non-hydrogen) atoms. The summed E-state index contributed by atoms with van der Waals surface area (Å²) in [7, 11) is 0. The van der Waals surface area contributed by atoms with Gasteiger partial charge in [0.05, 0.1) is 11.1 Å². The molecule has 0 atom stereocenters. The maximum atomic E-state index is 13.4. The molecule has 4 aromatic rings. The molecule has 0 unspecified atom stereocenters. The summed E-state index contributed by atoms with van der Waals surface area (Å²) in [4.78, 5) is 18.8. The van der Waals surface area contributed by atoms with Gasteiger partial charge in [-0.15, -0.1) is 5.10 Å². The van der Waals surface area contributed by atoms with Crippen molar-refractivity contribution in [2.45, 2.75) is 13.1 Å². The molecule has 3 heterocycles. The number of aromatic nitrogens is 6. The summed E-state index contributed by atoms with van der Waals surface area (Å²) in [5.74, 6) is 0.949. The normalized spacial score (nSPS) is 11.1. The molecular formula is C18H15F3IN7. The van der Waals surface area contributed by atoms with E-state index in [9.17, 15) is 13.2 Å². The molecule has 3 aromatic heterocycles. The number of benzene rings is 1. The summed E-state index contributed by atoms with van der Waals surface area (Å²) in [5, 5.41) is 9.53. The summed E-state index contributed by atoms with van der Waals surface area (Å²) < 4.78 is 40.2. The second-order valence-corrected chi connectivity index (χ2v) is 5.68. The van der Waals surface area contributed by atoms with Crippen LogP contribution >= 0.6 is 22.6 Å². The number of pyridine rings is 1. The third-order valence-corrected chi connectivity index (χ3v) is 3.76. The standard InChI is InChI=1S/C17H12F3N7.CH3I/c1-9-22-16(27-26-9)25-15-13-12(7-4-8-21-13)23-14(24-15)10-5-2-3-6-11(10)17(18,19)20;1-2/h2-8H,1H3,(H2,22,23,24,25,26,27);1H3. The molecule has 0 bridgehead atoms. The van der Waals surface area contributed by atoms with E-state index < -0.39 is 11.7 Å². The van der Waals surface area contributed by atoms with E-state index in [2.05, 4.69) is 58.0 Å². The molecule has 0 saturated heterocycles. The molecule has 0 aliphatic carbocycles. The van der Waals surface area contributed by atoms with Crippen LogP contribution in [-0.4, -0.2) is 35.1 Å². The van der Waals surface area contributed by atoms with Gasteiger partial charge in [-0.25, -0.2) is 9.97 Å². The lowest BCUT2D eigenvalue weighted by molar-refractivity contribution is -0.137. The second-order valence-electron chi connectivity index (χ2n) is 5.68. The van der Waals surface area contributed by atoms with E-state index in [0.717, 1.165) is 6.07 Å². The zero-order chi connectivity index (χ0) is 21.0. The predicted octanol–water partition coefficient (Wildman–Crippen LogP) is 4.93. The van der Waals surface area contributed by atoms with Crippen molar-refractivity contribution in [2.24, 2.45) is 0 Å². The number of hydrogen-bond donors (Lipinski definition) is 2. The second kappa shape index (κ2) is 8.68. The molecule has 0 fully saturated rings. The Morgan fingerprint density at radius 3 is 2.45 bits per heavy atom. The number of H-pyrrole nitrogens is 1. The first kappa shape index (κ1) is 20.9. The lowest BCUT2D eigenvalue weighted by Gasteiger charge is -2.13. The van der Waals surface area contributed by atoms with Crippen LogP contribution in [0, 0.1) is 6.92 Å². The molecule has 0 aliphatic rings. The Bertz CT molecular complexity index is 1130. The molecule has 4 rings (SSSR count). The highest BCUT2D eigenvalue weighted by atomic mass is 127. The lowest BCUT2D eigenvalue weighted by atomic mass is 10.1. The van der Waals surface area contributed by atoms with E-state index in [1.165, 1.54) is 18.2 Å². The van der Waals surface area contributed by atoms with E-state index in [1.54, 1.807) is 25.3 Å². The average molecular weight is 513 g/mol. The smallest absolute Gasteiger partial charge is 0.306 e. The topological polar surface area (TPSA) is 92.3 Å². The fourth-order valence-electron chi connectivity index (χ4n) is 2.60. The molecular weight excluding hydrogens is 498 g/mol. The van der Waals surface area contributed by atoms with Crippen LogP contribution in [0.4, 0.5) is 24.9 Å². The Morgan fingerprint density at radius 2 is 1.76 bits per heavy atom. The average Bonchev–Trinajstić information content (AvgIpc) is 3.13. The first-order chi connectivity index (χ1) is 13.9. The lowest BCUT2D eigenvalue weighted by Crippen LogP contribution is -2.09. The van der Waals surface area contributed by atoms with Crippen LogP contribution in [-0.2, 0) is 6.18 Å². The molecule has 0 amide bonds. The molecule has 1 aromatic carbocycles. The van der Waals surface area contributed by atoms with Gasteiger partial charge in [-0.1, -0.05) is 40.8 Å². The number of fused-ring (bicyclic) bond motifs is 1. The van der Waals surface area contributed by atoms with Crippen molar-refractivity contribution in [1.82, 2.24) is 30.1 Å². The number of rotatable bonds is 3. The number of aryl methyl sites for hydroxylation is 1. The number of nitrogens with zero attached hydrogens (tertiary/aromatic N) is 5. The summed E-state index contributed by atoms with van der Waals surface area (Å²) in [6.07, 6.45) is -2.98. The van der Waals surface area contributed by atoms with Gasteiger partial charge in [0.15, 0.2) is 11.6 Å². The van der Waals surface area contributed by atoms with Gasteiger partial charge in [0.25, 0.3) is 0 Å². The Balaban J connectivity index is 0.00000117. The Labute approximate surface area is 177 Å². The van der Waals surface area contributed by atoms with Crippen molar-refractivity contribution in [3.63, 3.8) is 0 Å². The fraction of sp³-hybridized carbons (Fsp3) is 0.167. The molecule has 7 nitrogen and oxygen atoms in total. The van der Waals surface area contributed by atoms with Crippen LogP contribution in [0.2, 0.25) is 0 Å². The maximum absolute atomic E-state index is 13.4. The highest BCUT2D eigenvalue weighted by molar-refractivity contribution is 14.1. The van der Waals surface area contributed by atoms with Crippen molar-refractivity contribution < 1.29 is 13.2 Å².